The molecule has 1 radical (unpaired) electrons. The SMILES string of the molecule is CC([C]=O)NCc1ccccc1. The number of nitrogens with one attached hydrogen (secondary N) is 1. The predicted octanol–water partition coefficient (Wildman–Crippen LogP) is 1.27. The van der Waals surface area contributed by atoms with Crippen molar-refractivity contribution in [3.8, 4) is 0 Å². The van der Waals surface area contributed by atoms with E-state index in [0.717, 1.165) is 6.54 Å². The minimum absolute atomic E-state index is 0.190. The van der Waals surface area contributed by atoms with Gasteiger partial charge in [0.25, 0.3) is 0 Å². The Morgan fingerprint density at radius 2 is 2.08 bits per heavy atom. The van der Waals surface area contributed by atoms with Gasteiger partial charge in [0, 0.05) is 6.54 Å². The molecule has 0 bridgehead atoms. The van der Waals surface area contributed by atoms with Crippen LogP contribution in [0.5, 0.6) is 0 Å². The fourth-order valence-electron chi connectivity index (χ4n) is 0.908. The summed E-state index contributed by atoms with van der Waals surface area (Å²) in [6.45, 7) is 2.51. The minimum Gasteiger partial charge on any atom is -0.303 e. The largest absolute Gasteiger partial charge is 0.303 e. The van der Waals surface area contributed by atoms with Crippen molar-refractivity contribution in [2.45, 2.75) is 19.5 Å². The van der Waals surface area contributed by atoms with Crippen LogP contribution < -0.4 is 5.32 Å². The van der Waals surface area contributed by atoms with E-state index in [0.29, 0.717) is 0 Å². The Kier molecular flexibility index (Phi) is 3.48. The second-order valence-electron chi connectivity index (χ2n) is 2.71. The van der Waals surface area contributed by atoms with Gasteiger partial charge in [0.1, 0.15) is 0 Å². The van der Waals surface area contributed by atoms with Gasteiger partial charge >= 0.3 is 0 Å². The molecule has 0 aromatic heterocycles. The van der Waals surface area contributed by atoms with E-state index in [9.17, 15) is 4.79 Å². The van der Waals surface area contributed by atoms with Crippen LogP contribution in [-0.2, 0) is 11.3 Å². The maximum absolute atomic E-state index is 10.1. The van der Waals surface area contributed by atoms with Crippen molar-refractivity contribution in [3.05, 3.63) is 35.9 Å². The van der Waals surface area contributed by atoms with E-state index in [4.69, 9.17) is 0 Å². The number of benzene rings is 1. The zero-order chi connectivity index (χ0) is 8.81. The minimum atomic E-state index is -0.190. The van der Waals surface area contributed by atoms with E-state index >= 15 is 0 Å². The lowest BCUT2D eigenvalue weighted by molar-refractivity contribution is 0.524. The Balaban J connectivity index is 2.38. The molecule has 0 aliphatic rings. The molecule has 0 amide bonds. The zero-order valence-electron chi connectivity index (χ0n) is 7.08. The van der Waals surface area contributed by atoms with Crippen molar-refractivity contribution in [1.82, 2.24) is 5.32 Å². The van der Waals surface area contributed by atoms with Crippen LogP contribution in [0.2, 0.25) is 0 Å². The number of hydrogen-bond acceptors (Lipinski definition) is 2. The molecule has 1 rings (SSSR count). The second-order valence-corrected chi connectivity index (χ2v) is 2.71. The molecule has 63 valence electrons. The van der Waals surface area contributed by atoms with Gasteiger partial charge in [-0.25, -0.2) is 0 Å². The normalized spacial score (nSPS) is 12.4. The average molecular weight is 162 g/mol. The third kappa shape index (κ3) is 2.84. The van der Waals surface area contributed by atoms with E-state index in [1.54, 1.807) is 6.92 Å². The predicted molar refractivity (Wildman–Crippen MR) is 48.4 cm³/mol. The summed E-state index contributed by atoms with van der Waals surface area (Å²) < 4.78 is 0. The zero-order valence-corrected chi connectivity index (χ0v) is 7.08. The van der Waals surface area contributed by atoms with Crippen molar-refractivity contribution < 1.29 is 4.79 Å². The highest BCUT2D eigenvalue weighted by Gasteiger charge is 1.98. The molecule has 2 nitrogen and oxygen atoms in total. The van der Waals surface area contributed by atoms with Crippen LogP contribution in [-0.4, -0.2) is 12.3 Å². The van der Waals surface area contributed by atoms with Gasteiger partial charge in [-0.2, -0.15) is 0 Å². The Morgan fingerprint density at radius 1 is 1.42 bits per heavy atom. The molecule has 0 aliphatic carbocycles. The summed E-state index contributed by atoms with van der Waals surface area (Å²) in [5, 5.41) is 3.02. The van der Waals surface area contributed by atoms with Crippen molar-refractivity contribution >= 4 is 6.29 Å². The van der Waals surface area contributed by atoms with Gasteiger partial charge in [0.15, 0.2) is 0 Å². The fourth-order valence-corrected chi connectivity index (χ4v) is 0.908. The van der Waals surface area contributed by atoms with Crippen molar-refractivity contribution in [1.29, 1.82) is 0 Å². The molecule has 12 heavy (non-hydrogen) atoms. The molecule has 0 saturated carbocycles. The van der Waals surface area contributed by atoms with Crippen molar-refractivity contribution in [2.75, 3.05) is 0 Å². The van der Waals surface area contributed by atoms with Gasteiger partial charge < -0.3 is 5.32 Å². The standard InChI is InChI=1S/C10H12NO/c1-9(8-12)11-7-10-5-3-2-4-6-10/h2-6,9,11H,7H2,1H3. The summed E-state index contributed by atoms with van der Waals surface area (Å²) in [5.74, 6) is 0. The Hall–Kier alpha value is -1.15. The van der Waals surface area contributed by atoms with E-state index in [1.165, 1.54) is 5.56 Å². The van der Waals surface area contributed by atoms with E-state index in [2.05, 4.69) is 5.32 Å². The van der Waals surface area contributed by atoms with Gasteiger partial charge in [0.05, 0.1) is 6.04 Å². The quantitative estimate of drug-likeness (QED) is 0.722. The summed E-state index contributed by atoms with van der Waals surface area (Å²) in [6, 6.07) is 9.78. The van der Waals surface area contributed by atoms with Crippen LogP contribution >= 0.6 is 0 Å². The molecule has 1 aromatic carbocycles. The number of hydrogen-bond donors (Lipinski definition) is 1. The number of carbonyl (C=O) groups excluding carboxylic acids is 1. The lowest BCUT2D eigenvalue weighted by Gasteiger charge is -2.05. The highest BCUT2D eigenvalue weighted by Crippen LogP contribution is 1.97. The molecule has 1 N–H and O–H groups in total. The van der Waals surface area contributed by atoms with Gasteiger partial charge in [-0.1, -0.05) is 30.3 Å². The molecule has 1 atom stereocenters. The summed E-state index contributed by atoms with van der Waals surface area (Å²) >= 11 is 0. The second kappa shape index (κ2) is 4.67. The molecular weight excluding hydrogens is 150 g/mol. The highest BCUT2D eigenvalue weighted by atomic mass is 16.1. The van der Waals surface area contributed by atoms with Gasteiger partial charge in [-0.05, 0) is 12.5 Å². The van der Waals surface area contributed by atoms with Crippen LogP contribution in [0.25, 0.3) is 0 Å². The molecular formula is C10H12NO. The maximum atomic E-state index is 10.1. The lowest BCUT2D eigenvalue weighted by Crippen LogP contribution is -2.26. The Labute approximate surface area is 72.6 Å². The van der Waals surface area contributed by atoms with E-state index in [1.807, 2.05) is 36.6 Å². The van der Waals surface area contributed by atoms with E-state index in [-0.39, 0.29) is 6.04 Å². The van der Waals surface area contributed by atoms with Crippen LogP contribution in [0.15, 0.2) is 30.3 Å². The smallest absolute Gasteiger partial charge is 0.216 e. The van der Waals surface area contributed by atoms with Crippen LogP contribution in [0.3, 0.4) is 0 Å². The molecule has 1 unspecified atom stereocenters. The molecule has 0 aliphatic heterocycles. The molecule has 0 saturated heterocycles. The van der Waals surface area contributed by atoms with Gasteiger partial charge in [0.2, 0.25) is 6.29 Å². The lowest BCUT2D eigenvalue weighted by atomic mass is 10.2. The average Bonchev–Trinajstić information content (AvgIpc) is 2.16. The fraction of sp³-hybridized carbons (Fsp3) is 0.300. The molecule has 1 aromatic rings. The topological polar surface area (TPSA) is 29.1 Å². The summed E-state index contributed by atoms with van der Waals surface area (Å²) in [6.07, 6.45) is 1.87. The third-order valence-corrected chi connectivity index (χ3v) is 1.63. The summed E-state index contributed by atoms with van der Waals surface area (Å²) in [5.41, 5.74) is 1.18. The van der Waals surface area contributed by atoms with Crippen LogP contribution in [0.4, 0.5) is 0 Å². The Bertz CT molecular complexity index is 233. The first-order chi connectivity index (χ1) is 5.83. The van der Waals surface area contributed by atoms with E-state index < -0.39 is 0 Å². The highest BCUT2D eigenvalue weighted by molar-refractivity contribution is 5.57. The molecule has 0 spiro atoms. The molecule has 0 fully saturated rings. The summed E-state index contributed by atoms with van der Waals surface area (Å²) in [4.78, 5) is 10.1. The first-order valence-corrected chi connectivity index (χ1v) is 3.98. The number of rotatable bonds is 4. The monoisotopic (exact) mass is 162 g/mol. The first-order valence-electron chi connectivity index (χ1n) is 3.98. The van der Waals surface area contributed by atoms with Crippen molar-refractivity contribution in [2.24, 2.45) is 0 Å². The first kappa shape index (κ1) is 8.94. The van der Waals surface area contributed by atoms with Crippen LogP contribution in [0, 0.1) is 0 Å². The van der Waals surface area contributed by atoms with Gasteiger partial charge in [-0.15, -0.1) is 0 Å². The molecule has 0 heterocycles. The van der Waals surface area contributed by atoms with Crippen LogP contribution in [0.1, 0.15) is 12.5 Å². The third-order valence-electron chi connectivity index (χ3n) is 1.63. The Morgan fingerprint density at radius 3 is 2.67 bits per heavy atom. The van der Waals surface area contributed by atoms with Gasteiger partial charge in [-0.3, -0.25) is 4.79 Å². The maximum Gasteiger partial charge on any atom is 0.216 e. The van der Waals surface area contributed by atoms with Crippen molar-refractivity contribution in [3.63, 3.8) is 0 Å². The summed E-state index contributed by atoms with van der Waals surface area (Å²) in [7, 11) is 0. The molecule has 2 heteroatoms.